The summed E-state index contributed by atoms with van der Waals surface area (Å²) in [7, 11) is 1.65. The number of aryl methyl sites for hydroxylation is 3. The molecule has 0 aliphatic carbocycles. The molecule has 0 saturated heterocycles. The molecule has 0 amide bonds. The van der Waals surface area contributed by atoms with Crippen molar-refractivity contribution in [3.05, 3.63) is 86.6 Å². The first-order valence-electron chi connectivity index (χ1n) is 9.68. The summed E-state index contributed by atoms with van der Waals surface area (Å²) in [4.78, 5) is 14.7. The van der Waals surface area contributed by atoms with Crippen LogP contribution in [0.4, 0.5) is 0 Å². The molecule has 3 nitrogen and oxygen atoms in total. The van der Waals surface area contributed by atoms with Gasteiger partial charge < -0.3 is 9.47 Å². The Morgan fingerprint density at radius 3 is 2.45 bits per heavy atom. The highest BCUT2D eigenvalue weighted by Crippen LogP contribution is 2.24. The van der Waals surface area contributed by atoms with Gasteiger partial charge in [-0.15, -0.1) is 11.3 Å². The first-order chi connectivity index (χ1) is 14.0. The third-order valence-corrected chi connectivity index (χ3v) is 5.73. The van der Waals surface area contributed by atoms with Crippen molar-refractivity contribution in [1.82, 2.24) is 0 Å². The van der Waals surface area contributed by atoms with Gasteiger partial charge in [0.2, 0.25) is 0 Å². The quantitative estimate of drug-likeness (QED) is 0.320. The van der Waals surface area contributed by atoms with Gasteiger partial charge in [-0.05, 0) is 67.8 Å². The maximum atomic E-state index is 12.5. The van der Waals surface area contributed by atoms with Crippen molar-refractivity contribution in [3.63, 3.8) is 0 Å². The summed E-state index contributed by atoms with van der Waals surface area (Å²) in [6.07, 6.45) is 4.48. The lowest BCUT2D eigenvalue weighted by Crippen LogP contribution is -1.99. The van der Waals surface area contributed by atoms with Crippen LogP contribution in [0.1, 0.15) is 43.7 Å². The maximum absolute atomic E-state index is 12.5. The molecule has 29 heavy (non-hydrogen) atoms. The van der Waals surface area contributed by atoms with Crippen LogP contribution in [0.3, 0.4) is 0 Å². The van der Waals surface area contributed by atoms with Gasteiger partial charge in [0, 0.05) is 20.9 Å². The van der Waals surface area contributed by atoms with E-state index in [0.717, 1.165) is 44.4 Å². The second-order valence-corrected chi connectivity index (χ2v) is 8.34. The third-order valence-electron chi connectivity index (χ3n) is 4.76. The Morgan fingerprint density at radius 1 is 1.07 bits per heavy atom. The highest BCUT2D eigenvalue weighted by molar-refractivity contribution is 7.12. The van der Waals surface area contributed by atoms with Crippen molar-refractivity contribution < 1.29 is 14.3 Å². The Hall–Kier alpha value is -2.85. The number of hydrogen-bond acceptors (Lipinski definition) is 4. The fraction of sp³-hybridized carbons (Fsp3) is 0.240. The zero-order chi connectivity index (χ0) is 20.8. The van der Waals surface area contributed by atoms with Crippen LogP contribution in [0.2, 0.25) is 0 Å². The van der Waals surface area contributed by atoms with Crippen LogP contribution in [-0.2, 0) is 13.0 Å². The van der Waals surface area contributed by atoms with Gasteiger partial charge in [-0.25, -0.2) is 0 Å². The summed E-state index contributed by atoms with van der Waals surface area (Å²) in [5.41, 5.74) is 3.92. The van der Waals surface area contributed by atoms with E-state index in [0.29, 0.717) is 6.61 Å². The molecule has 150 valence electrons. The lowest BCUT2D eigenvalue weighted by molar-refractivity contribution is 0.104. The molecule has 1 aromatic heterocycles. The van der Waals surface area contributed by atoms with E-state index in [1.165, 1.54) is 5.56 Å². The van der Waals surface area contributed by atoms with Crippen molar-refractivity contribution in [3.8, 4) is 11.5 Å². The topological polar surface area (TPSA) is 35.5 Å². The molecule has 0 atom stereocenters. The molecular weight excluding hydrogens is 380 g/mol. The van der Waals surface area contributed by atoms with E-state index >= 15 is 0 Å². The fourth-order valence-corrected chi connectivity index (χ4v) is 4.06. The Balaban J connectivity index is 1.73. The normalized spacial score (nSPS) is 11.0. The van der Waals surface area contributed by atoms with Crippen LogP contribution in [0, 0.1) is 13.8 Å². The average Bonchev–Trinajstić information content (AvgIpc) is 3.08. The van der Waals surface area contributed by atoms with Crippen LogP contribution in [0.25, 0.3) is 6.08 Å². The highest BCUT2D eigenvalue weighted by atomic mass is 32.1. The average molecular weight is 407 g/mol. The standard InChI is InChI=1S/C25H26O3S/c1-5-19-6-10-22(11-7-19)28-16-21-15-20(9-13-25(21)27-4)8-12-24(26)23-14-17(2)29-18(23)3/h6-15H,5,16H2,1-4H3/b12-8+. The number of rotatable bonds is 8. The molecular formula is C25H26O3S. The lowest BCUT2D eigenvalue weighted by Gasteiger charge is -2.11. The Labute approximate surface area is 176 Å². The fourth-order valence-electron chi connectivity index (χ4n) is 3.13. The number of allylic oxidation sites excluding steroid dienone is 1. The Morgan fingerprint density at radius 2 is 1.83 bits per heavy atom. The zero-order valence-electron chi connectivity index (χ0n) is 17.3. The minimum Gasteiger partial charge on any atom is -0.496 e. The van der Waals surface area contributed by atoms with Gasteiger partial charge in [-0.3, -0.25) is 4.79 Å². The Bertz CT molecular complexity index is 1010. The molecule has 0 radical (unpaired) electrons. The molecule has 0 bridgehead atoms. The summed E-state index contributed by atoms with van der Waals surface area (Å²) >= 11 is 1.65. The van der Waals surface area contributed by atoms with E-state index in [1.54, 1.807) is 24.5 Å². The number of thiophene rings is 1. The molecule has 0 N–H and O–H groups in total. The first kappa shape index (κ1) is 20.9. The summed E-state index contributed by atoms with van der Waals surface area (Å²) in [6, 6.07) is 15.9. The van der Waals surface area contributed by atoms with Crippen LogP contribution in [-0.4, -0.2) is 12.9 Å². The number of methoxy groups -OCH3 is 1. The van der Waals surface area contributed by atoms with Crippen molar-refractivity contribution in [2.75, 3.05) is 7.11 Å². The number of hydrogen-bond donors (Lipinski definition) is 0. The second kappa shape index (κ2) is 9.57. The van der Waals surface area contributed by atoms with Crippen LogP contribution in [0.15, 0.2) is 54.6 Å². The van der Waals surface area contributed by atoms with Crippen LogP contribution >= 0.6 is 11.3 Å². The molecule has 2 aromatic carbocycles. The Kier molecular flexibility index (Phi) is 6.89. The minimum absolute atomic E-state index is 0.0245. The molecule has 0 spiro atoms. The van der Waals surface area contributed by atoms with Crippen molar-refractivity contribution in [2.24, 2.45) is 0 Å². The molecule has 4 heteroatoms. The molecule has 3 aromatic rings. The van der Waals surface area contributed by atoms with E-state index in [-0.39, 0.29) is 5.78 Å². The van der Waals surface area contributed by atoms with Gasteiger partial charge in [0.25, 0.3) is 0 Å². The van der Waals surface area contributed by atoms with Gasteiger partial charge in [-0.1, -0.05) is 31.2 Å². The van der Waals surface area contributed by atoms with E-state index in [2.05, 4.69) is 19.1 Å². The largest absolute Gasteiger partial charge is 0.496 e. The molecule has 3 rings (SSSR count). The minimum atomic E-state index is 0.0245. The molecule has 0 aliphatic rings. The van der Waals surface area contributed by atoms with Gasteiger partial charge >= 0.3 is 0 Å². The summed E-state index contributed by atoms with van der Waals surface area (Å²) in [5.74, 6) is 1.61. The zero-order valence-corrected chi connectivity index (χ0v) is 18.1. The van der Waals surface area contributed by atoms with Crippen LogP contribution in [0.5, 0.6) is 11.5 Å². The molecule has 0 unspecified atom stereocenters. The number of ether oxygens (including phenoxy) is 2. The van der Waals surface area contributed by atoms with Crippen LogP contribution < -0.4 is 9.47 Å². The van der Waals surface area contributed by atoms with Gasteiger partial charge in [0.1, 0.15) is 18.1 Å². The lowest BCUT2D eigenvalue weighted by atomic mass is 10.1. The number of benzene rings is 2. The van der Waals surface area contributed by atoms with E-state index in [9.17, 15) is 4.79 Å². The maximum Gasteiger partial charge on any atom is 0.186 e. The van der Waals surface area contributed by atoms with Crippen molar-refractivity contribution in [2.45, 2.75) is 33.8 Å². The summed E-state index contributed by atoms with van der Waals surface area (Å²) in [5, 5.41) is 0. The molecule has 0 aliphatic heterocycles. The van der Waals surface area contributed by atoms with Crippen molar-refractivity contribution in [1.29, 1.82) is 0 Å². The molecule has 0 saturated carbocycles. The molecule has 1 heterocycles. The second-order valence-electron chi connectivity index (χ2n) is 6.88. The predicted octanol–water partition coefficient (Wildman–Crippen LogP) is 6.41. The number of carbonyl (C=O) groups excluding carboxylic acids is 1. The van der Waals surface area contributed by atoms with E-state index in [4.69, 9.17) is 9.47 Å². The monoisotopic (exact) mass is 406 g/mol. The smallest absolute Gasteiger partial charge is 0.186 e. The van der Waals surface area contributed by atoms with Crippen molar-refractivity contribution >= 4 is 23.2 Å². The number of ketones is 1. The summed E-state index contributed by atoms with van der Waals surface area (Å²) in [6.45, 7) is 6.52. The van der Waals surface area contributed by atoms with E-state index in [1.807, 2.05) is 56.3 Å². The van der Waals surface area contributed by atoms with Gasteiger partial charge in [0.15, 0.2) is 5.78 Å². The number of carbonyl (C=O) groups is 1. The van der Waals surface area contributed by atoms with E-state index < -0.39 is 0 Å². The SMILES string of the molecule is CCc1ccc(OCc2cc(/C=C/C(=O)c3cc(C)sc3C)ccc2OC)cc1. The predicted molar refractivity (Wildman–Crippen MR) is 120 cm³/mol. The van der Waals surface area contributed by atoms with Gasteiger partial charge in [-0.2, -0.15) is 0 Å². The molecule has 0 fully saturated rings. The third kappa shape index (κ3) is 5.36. The first-order valence-corrected chi connectivity index (χ1v) is 10.5. The van der Waals surface area contributed by atoms with Gasteiger partial charge in [0.05, 0.1) is 7.11 Å². The summed E-state index contributed by atoms with van der Waals surface area (Å²) < 4.78 is 11.4. The highest BCUT2D eigenvalue weighted by Gasteiger charge is 2.10.